The Morgan fingerprint density at radius 2 is 2.09 bits per heavy atom. The molecule has 0 unspecified atom stereocenters. The maximum absolute atomic E-state index is 13.5. The number of nitrogens with zero attached hydrogens (tertiary/aromatic N) is 2. The van der Waals surface area contributed by atoms with Gasteiger partial charge in [-0.05, 0) is 25.3 Å². The van der Waals surface area contributed by atoms with Crippen LogP contribution in [0.15, 0.2) is 6.07 Å². The molecule has 3 rings (SSSR count). The molecule has 120 valence electrons. The van der Waals surface area contributed by atoms with Crippen LogP contribution in [0.4, 0.5) is 14.6 Å². The number of carbonyl (C=O) groups is 1. The van der Waals surface area contributed by atoms with Gasteiger partial charge in [0.2, 0.25) is 5.92 Å². The van der Waals surface area contributed by atoms with Crippen LogP contribution >= 0.6 is 11.6 Å². The average molecular weight is 330 g/mol. The third-order valence-corrected chi connectivity index (χ3v) is 4.53. The van der Waals surface area contributed by atoms with Crippen LogP contribution in [0, 0.1) is 0 Å². The summed E-state index contributed by atoms with van der Waals surface area (Å²) in [5.41, 5.74) is 6.37. The summed E-state index contributed by atoms with van der Waals surface area (Å²) in [6, 6.07) is 1.53. The van der Waals surface area contributed by atoms with Crippen molar-refractivity contribution in [3.63, 3.8) is 0 Å². The Kier molecular flexibility index (Phi) is 3.97. The third-order valence-electron chi connectivity index (χ3n) is 4.23. The number of alkyl halides is 2. The molecule has 7 heteroatoms. The average Bonchev–Trinajstić information content (AvgIpc) is 3.26. The second-order valence-electron chi connectivity index (χ2n) is 6.06. The second-order valence-corrected chi connectivity index (χ2v) is 6.47. The van der Waals surface area contributed by atoms with E-state index in [0.29, 0.717) is 29.7 Å². The zero-order valence-corrected chi connectivity index (χ0v) is 12.9. The van der Waals surface area contributed by atoms with Gasteiger partial charge in [0, 0.05) is 31.8 Å². The summed E-state index contributed by atoms with van der Waals surface area (Å²) in [6.07, 6.45) is 2.00. The molecule has 22 heavy (non-hydrogen) atoms. The Balaban J connectivity index is 1.96. The van der Waals surface area contributed by atoms with E-state index in [9.17, 15) is 13.6 Å². The van der Waals surface area contributed by atoms with Crippen molar-refractivity contribution in [2.45, 2.75) is 43.9 Å². The fourth-order valence-corrected chi connectivity index (χ4v) is 3.14. The molecule has 1 aromatic rings. The molecule has 1 amide bonds. The molecule has 1 aliphatic carbocycles. The van der Waals surface area contributed by atoms with Crippen molar-refractivity contribution in [1.82, 2.24) is 4.98 Å². The van der Waals surface area contributed by atoms with Crippen LogP contribution in [-0.4, -0.2) is 29.9 Å². The highest BCUT2D eigenvalue weighted by Crippen LogP contribution is 2.43. The first-order chi connectivity index (χ1) is 10.4. The van der Waals surface area contributed by atoms with E-state index >= 15 is 0 Å². The van der Waals surface area contributed by atoms with E-state index in [2.05, 4.69) is 4.98 Å². The Morgan fingerprint density at radius 1 is 1.36 bits per heavy atom. The van der Waals surface area contributed by atoms with Crippen molar-refractivity contribution < 1.29 is 13.6 Å². The maximum atomic E-state index is 13.5. The van der Waals surface area contributed by atoms with Gasteiger partial charge in [-0.2, -0.15) is 0 Å². The summed E-state index contributed by atoms with van der Waals surface area (Å²) < 4.78 is 27.1. The largest absolute Gasteiger partial charge is 0.365 e. The van der Waals surface area contributed by atoms with Gasteiger partial charge < -0.3 is 10.6 Å². The lowest BCUT2D eigenvalue weighted by atomic mass is 10.1. The zero-order chi connectivity index (χ0) is 15.9. The Bertz CT molecular complexity index is 605. The Hall–Kier alpha value is -1.43. The van der Waals surface area contributed by atoms with Crippen molar-refractivity contribution in [3.8, 4) is 0 Å². The first kappa shape index (κ1) is 15.5. The monoisotopic (exact) mass is 329 g/mol. The van der Waals surface area contributed by atoms with Crippen molar-refractivity contribution in [3.05, 3.63) is 22.3 Å². The van der Waals surface area contributed by atoms with Crippen molar-refractivity contribution in [2.75, 3.05) is 18.0 Å². The minimum absolute atomic E-state index is 0.140. The van der Waals surface area contributed by atoms with Crippen LogP contribution in [0.1, 0.15) is 54.1 Å². The Labute approximate surface area is 132 Å². The highest BCUT2D eigenvalue weighted by molar-refractivity contribution is 6.31. The van der Waals surface area contributed by atoms with Crippen molar-refractivity contribution in [1.29, 1.82) is 0 Å². The second kappa shape index (κ2) is 5.65. The summed E-state index contributed by atoms with van der Waals surface area (Å²) in [5, 5.41) is 0.431. The van der Waals surface area contributed by atoms with Gasteiger partial charge in [-0.3, -0.25) is 4.79 Å². The van der Waals surface area contributed by atoms with Gasteiger partial charge in [0.05, 0.1) is 16.3 Å². The van der Waals surface area contributed by atoms with Crippen molar-refractivity contribution >= 4 is 23.3 Å². The van der Waals surface area contributed by atoms with E-state index in [1.807, 2.05) is 0 Å². The number of anilines is 1. The molecule has 0 spiro atoms. The molecule has 1 aromatic heterocycles. The predicted molar refractivity (Wildman–Crippen MR) is 80.8 cm³/mol. The normalized spacial score (nSPS) is 21.5. The molecule has 2 fully saturated rings. The Morgan fingerprint density at radius 3 is 2.73 bits per heavy atom. The number of hydrogen-bond acceptors (Lipinski definition) is 3. The molecule has 1 saturated carbocycles. The lowest BCUT2D eigenvalue weighted by molar-refractivity contribution is -0.0102. The molecule has 0 radical (unpaired) electrons. The predicted octanol–water partition coefficient (Wildman–Crippen LogP) is 3.34. The van der Waals surface area contributed by atoms with Gasteiger partial charge in [0.15, 0.2) is 0 Å². The fraction of sp³-hybridized carbons (Fsp3) is 0.600. The number of primary amides is 1. The molecule has 2 N–H and O–H groups in total. The maximum Gasteiger partial charge on any atom is 0.252 e. The van der Waals surface area contributed by atoms with Crippen molar-refractivity contribution in [2.24, 2.45) is 5.73 Å². The van der Waals surface area contributed by atoms with Crippen LogP contribution < -0.4 is 10.6 Å². The molecule has 0 bridgehead atoms. The molecule has 2 aliphatic rings. The quantitative estimate of drug-likeness (QED) is 0.925. The number of pyridine rings is 1. The van der Waals surface area contributed by atoms with E-state index in [1.54, 1.807) is 4.90 Å². The smallest absolute Gasteiger partial charge is 0.252 e. The van der Waals surface area contributed by atoms with E-state index in [4.69, 9.17) is 17.3 Å². The minimum Gasteiger partial charge on any atom is -0.365 e. The minimum atomic E-state index is -2.66. The van der Waals surface area contributed by atoms with Crippen LogP contribution in [0.3, 0.4) is 0 Å². The fourth-order valence-electron chi connectivity index (χ4n) is 2.83. The van der Waals surface area contributed by atoms with Gasteiger partial charge in [0.1, 0.15) is 5.82 Å². The summed E-state index contributed by atoms with van der Waals surface area (Å²) in [7, 11) is 0. The molecule has 2 heterocycles. The van der Waals surface area contributed by atoms with Gasteiger partial charge in [0.25, 0.3) is 5.91 Å². The zero-order valence-electron chi connectivity index (χ0n) is 12.1. The molecule has 1 aliphatic heterocycles. The number of rotatable bonds is 3. The summed E-state index contributed by atoms with van der Waals surface area (Å²) in [6.45, 7) is 0.598. The van der Waals surface area contributed by atoms with Crippen LogP contribution in [-0.2, 0) is 0 Å². The van der Waals surface area contributed by atoms with E-state index in [-0.39, 0.29) is 24.9 Å². The van der Waals surface area contributed by atoms with Crippen LogP contribution in [0.5, 0.6) is 0 Å². The number of halogens is 3. The van der Waals surface area contributed by atoms with Crippen LogP contribution in [0.2, 0.25) is 5.02 Å². The number of amides is 1. The standard InChI is InChI=1S/C15H18ClF2N3O/c16-11-8-10(13(19)22)14(20-12(11)9-2-3-9)21-6-1-4-15(17,18)5-7-21/h8-9H,1-7H2,(H2,19,22). The summed E-state index contributed by atoms with van der Waals surface area (Å²) in [4.78, 5) is 17.9. The van der Waals surface area contributed by atoms with Gasteiger partial charge in [-0.25, -0.2) is 13.8 Å². The number of aromatic nitrogens is 1. The summed E-state index contributed by atoms with van der Waals surface area (Å²) >= 11 is 6.19. The molecule has 0 atom stereocenters. The molecular weight excluding hydrogens is 312 g/mol. The van der Waals surface area contributed by atoms with Gasteiger partial charge in [-0.15, -0.1) is 0 Å². The molecule has 1 saturated heterocycles. The van der Waals surface area contributed by atoms with E-state index in [0.717, 1.165) is 18.5 Å². The lowest BCUT2D eigenvalue weighted by Crippen LogP contribution is -2.30. The number of hydrogen-bond donors (Lipinski definition) is 1. The SMILES string of the molecule is NC(=O)c1cc(Cl)c(C2CC2)nc1N1CCCC(F)(F)CC1. The highest BCUT2D eigenvalue weighted by atomic mass is 35.5. The first-order valence-electron chi connectivity index (χ1n) is 7.50. The highest BCUT2D eigenvalue weighted by Gasteiger charge is 2.34. The van der Waals surface area contributed by atoms with Gasteiger partial charge >= 0.3 is 0 Å². The number of carbonyl (C=O) groups excluding carboxylic acids is 1. The topological polar surface area (TPSA) is 59.2 Å². The third kappa shape index (κ3) is 3.16. The molecule has 4 nitrogen and oxygen atoms in total. The van der Waals surface area contributed by atoms with E-state index in [1.165, 1.54) is 6.07 Å². The first-order valence-corrected chi connectivity index (χ1v) is 7.88. The lowest BCUT2D eigenvalue weighted by Gasteiger charge is -2.24. The summed E-state index contributed by atoms with van der Waals surface area (Å²) in [5.74, 6) is -2.59. The molecular formula is C15H18ClF2N3O. The van der Waals surface area contributed by atoms with Gasteiger partial charge in [-0.1, -0.05) is 11.6 Å². The van der Waals surface area contributed by atoms with E-state index < -0.39 is 11.8 Å². The van der Waals surface area contributed by atoms with Crippen LogP contribution in [0.25, 0.3) is 0 Å². The molecule has 0 aromatic carbocycles. The number of nitrogens with two attached hydrogens (primary N) is 1.